The fourth-order valence-corrected chi connectivity index (χ4v) is 1.16. The monoisotopic (exact) mass is 185 g/mol. The lowest BCUT2D eigenvalue weighted by molar-refractivity contribution is 0.728. The molecule has 12 heavy (non-hydrogen) atoms. The Morgan fingerprint density at radius 1 is 1.58 bits per heavy atom. The Morgan fingerprint density at radius 3 is 2.83 bits per heavy atom. The largest absolute Gasteiger partial charge is 0.382 e. The molecule has 0 aliphatic carbocycles. The molecule has 0 aliphatic heterocycles. The average molecular weight is 186 g/mol. The summed E-state index contributed by atoms with van der Waals surface area (Å²) in [4.78, 5) is 0. The third-order valence-corrected chi connectivity index (χ3v) is 2.15. The molecule has 0 aromatic carbocycles. The maximum Gasteiger partial charge on any atom is 0.152 e. The van der Waals surface area contributed by atoms with Crippen LogP contribution in [0.3, 0.4) is 0 Å². The van der Waals surface area contributed by atoms with Gasteiger partial charge in [-0.2, -0.15) is 0 Å². The number of nitrogens with two attached hydrogens (primary N) is 1. The number of hydrogen-bond acceptors (Lipinski definition) is 3. The van der Waals surface area contributed by atoms with Gasteiger partial charge >= 0.3 is 0 Å². The van der Waals surface area contributed by atoms with Gasteiger partial charge in [0.2, 0.25) is 0 Å². The molecule has 0 spiro atoms. The Morgan fingerprint density at radius 2 is 2.25 bits per heavy atom. The van der Waals surface area contributed by atoms with E-state index in [4.69, 9.17) is 17.3 Å². The van der Waals surface area contributed by atoms with Crippen LogP contribution in [0.2, 0.25) is 5.15 Å². The molecule has 1 aromatic heterocycles. The standard InChI is InChI=1S/C8H12ClN3/c1-3-5(2)6-4-7(9)11-12-8(6)10/h4-5H,3H2,1-2H3,(H2,10,12). The Balaban J connectivity index is 3.04. The van der Waals surface area contributed by atoms with Crippen molar-refractivity contribution < 1.29 is 0 Å². The smallest absolute Gasteiger partial charge is 0.152 e. The molecule has 1 unspecified atom stereocenters. The first-order valence-corrected chi connectivity index (χ1v) is 4.31. The minimum Gasteiger partial charge on any atom is -0.382 e. The highest BCUT2D eigenvalue weighted by atomic mass is 35.5. The third kappa shape index (κ3) is 1.85. The summed E-state index contributed by atoms with van der Waals surface area (Å²) < 4.78 is 0. The van der Waals surface area contributed by atoms with Gasteiger partial charge in [0.1, 0.15) is 5.82 Å². The zero-order chi connectivity index (χ0) is 9.14. The highest BCUT2D eigenvalue weighted by Crippen LogP contribution is 2.24. The van der Waals surface area contributed by atoms with E-state index in [9.17, 15) is 0 Å². The fourth-order valence-electron chi connectivity index (χ4n) is 1.01. The molecule has 1 rings (SSSR count). The van der Waals surface area contributed by atoms with Crippen molar-refractivity contribution in [2.45, 2.75) is 26.2 Å². The molecule has 0 saturated heterocycles. The summed E-state index contributed by atoms with van der Waals surface area (Å²) in [6.45, 7) is 4.18. The maximum absolute atomic E-state index is 5.69. The molecule has 1 atom stereocenters. The van der Waals surface area contributed by atoms with Crippen LogP contribution in [0.25, 0.3) is 0 Å². The molecule has 0 fully saturated rings. The number of nitrogen functional groups attached to an aromatic ring is 1. The molecule has 4 heteroatoms. The first kappa shape index (κ1) is 9.26. The summed E-state index contributed by atoms with van der Waals surface area (Å²) in [5.41, 5.74) is 6.62. The van der Waals surface area contributed by atoms with Crippen molar-refractivity contribution in [1.29, 1.82) is 0 Å². The predicted octanol–water partition coefficient (Wildman–Crippen LogP) is 2.23. The molecular formula is C8H12ClN3. The Bertz CT molecular complexity index is 275. The molecular weight excluding hydrogens is 174 g/mol. The van der Waals surface area contributed by atoms with Gasteiger partial charge in [-0.15, -0.1) is 10.2 Å². The van der Waals surface area contributed by atoms with Gasteiger partial charge in [0.05, 0.1) is 0 Å². The van der Waals surface area contributed by atoms with E-state index in [0.29, 0.717) is 16.9 Å². The molecule has 0 amide bonds. The lowest BCUT2D eigenvalue weighted by Gasteiger charge is -2.09. The van der Waals surface area contributed by atoms with E-state index in [-0.39, 0.29) is 0 Å². The quantitative estimate of drug-likeness (QED) is 0.769. The van der Waals surface area contributed by atoms with Crippen LogP contribution in [0.4, 0.5) is 5.82 Å². The Labute approximate surface area is 76.9 Å². The van der Waals surface area contributed by atoms with Crippen LogP contribution in [0, 0.1) is 0 Å². The van der Waals surface area contributed by atoms with Gasteiger partial charge in [0.25, 0.3) is 0 Å². The summed E-state index contributed by atoms with van der Waals surface area (Å²) in [6, 6.07) is 1.78. The van der Waals surface area contributed by atoms with Gasteiger partial charge in [0.15, 0.2) is 5.15 Å². The normalized spacial score (nSPS) is 12.9. The number of halogens is 1. The van der Waals surface area contributed by atoms with E-state index in [1.807, 2.05) is 0 Å². The zero-order valence-corrected chi connectivity index (χ0v) is 7.97. The van der Waals surface area contributed by atoms with E-state index in [2.05, 4.69) is 24.0 Å². The van der Waals surface area contributed by atoms with Gasteiger partial charge < -0.3 is 5.73 Å². The van der Waals surface area contributed by atoms with Gasteiger partial charge in [-0.3, -0.25) is 0 Å². The lowest BCUT2D eigenvalue weighted by atomic mass is 10.0. The second-order valence-corrected chi connectivity index (χ2v) is 3.20. The second-order valence-electron chi connectivity index (χ2n) is 2.82. The lowest BCUT2D eigenvalue weighted by Crippen LogP contribution is -2.02. The topological polar surface area (TPSA) is 51.8 Å². The second kappa shape index (κ2) is 3.72. The molecule has 1 heterocycles. The van der Waals surface area contributed by atoms with Crippen LogP contribution in [0.15, 0.2) is 6.07 Å². The van der Waals surface area contributed by atoms with Gasteiger partial charge in [0, 0.05) is 5.56 Å². The third-order valence-electron chi connectivity index (χ3n) is 1.97. The SMILES string of the molecule is CCC(C)c1cc(Cl)nnc1N. The highest BCUT2D eigenvalue weighted by Gasteiger charge is 2.09. The van der Waals surface area contributed by atoms with E-state index in [1.54, 1.807) is 6.07 Å². The van der Waals surface area contributed by atoms with Gasteiger partial charge in [-0.05, 0) is 18.4 Å². The highest BCUT2D eigenvalue weighted by molar-refractivity contribution is 6.29. The predicted molar refractivity (Wildman–Crippen MR) is 50.2 cm³/mol. The molecule has 0 bridgehead atoms. The Hall–Kier alpha value is -0.830. The number of hydrogen-bond donors (Lipinski definition) is 1. The minimum absolute atomic E-state index is 0.387. The fraction of sp³-hybridized carbons (Fsp3) is 0.500. The van der Waals surface area contributed by atoms with E-state index in [1.165, 1.54) is 0 Å². The molecule has 0 aliphatic rings. The molecule has 2 N–H and O–H groups in total. The van der Waals surface area contributed by atoms with Crippen LogP contribution >= 0.6 is 11.6 Å². The molecule has 0 radical (unpaired) electrons. The first-order chi connectivity index (χ1) is 5.65. The van der Waals surface area contributed by atoms with Crippen molar-refractivity contribution in [2.24, 2.45) is 0 Å². The number of anilines is 1. The average Bonchev–Trinajstić information content (AvgIpc) is 2.08. The summed E-state index contributed by atoms with van der Waals surface area (Å²) in [6.07, 6.45) is 1.02. The summed E-state index contributed by atoms with van der Waals surface area (Å²) in [5.74, 6) is 0.867. The van der Waals surface area contributed by atoms with Gasteiger partial charge in [-0.25, -0.2) is 0 Å². The summed E-state index contributed by atoms with van der Waals surface area (Å²) >= 11 is 5.69. The van der Waals surface area contributed by atoms with Crippen molar-refractivity contribution in [2.75, 3.05) is 5.73 Å². The zero-order valence-electron chi connectivity index (χ0n) is 7.21. The van der Waals surface area contributed by atoms with E-state index >= 15 is 0 Å². The van der Waals surface area contributed by atoms with Crippen LogP contribution in [0.1, 0.15) is 31.7 Å². The Kier molecular flexibility index (Phi) is 2.87. The number of nitrogens with zero attached hydrogens (tertiary/aromatic N) is 2. The van der Waals surface area contributed by atoms with Crippen molar-refractivity contribution in [3.05, 3.63) is 16.8 Å². The van der Waals surface area contributed by atoms with Crippen molar-refractivity contribution in [3.63, 3.8) is 0 Å². The molecule has 66 valence electrons. The molecule has 0 saturated carbocycles. The number of rotatable bonds is 2. The number of aromatic nitrogens is 2. The molecule has 1 aromatic rings. The van der Waals surface area contributed by atoms with Crippen LogP contribution in [-0.4, -0.2) is 10.2 Å². The molecule has 3 nitrogen and oxygen atoms in total. The van der Waals surface area contributed by atoms with Crippen LogP contribution in [-0.2, 0) is 0 Å². The summed E-state index contributed by atoms with van der Waals surface area (Å²) in [5, 5.41) is 7.79. The van der Waals surface area contributed by atoms with Crippen LogP contribution < -0.4 is 5.73 Å². The minimum atomic E-state index is 0.387. The van der Waals surface area contributed by atoms with E-state index in [0.717, 1.165) is 12.0 Å². The van der Waals surface area contributed by atoms with Gasteiger partial charge in [-0.1, -0.05) is 25.4 Å². The van der Waals surface area contributed by atoms with Crippen LogP contribution in [0.5, 0.6) is 0 Å². The van der Waals surface area contributed by atoms with E-state index < -0.39 is 0 Å². The van der Waals surface area contributed by atoms with Crippen molar-refractivity contribution >= 4 is 17.4 Å². The van der Waals surface area contributed by atoms with Crippen molar-refractivity contribution in [3.8, 4) is 0 Å². The first-order valence-electron chi connectivity index (χ1n) is 3.93. The summed E-state index contributed by atoms with van der Waals surface area (Å²) in [7, 11) is 0. The maximum atomic E-state index is 5.69. The van der Waals surface area contributed by atoms with Crippen molar-refractivity contribution in [1.82, 2.24) is 10.2 Å².